The molecule has 0 aromatic heterocycles. The highest BCUT2D eigenvalue weighted by Crippen LogP contribution is 2.46. The Kier molecular flexibility index (Phi) is 7.73. The molecule has 0 radical (unpaired) electrons. The van der Waals surface area contributed by atoms with E-state index < -0.39 is 0 Å². The monoisotopic (exact) mass is 452 g/mol. The first-order valence-corrected chi connectivity index (χ1v) is 12.3. The molecule has 0 amide bonds. The Bertz CT molecular complexity index is 966. The molecule has 0 atom stereocenters. The number of para-hydroxylation sites is 1. The van der Waals surface area contributed by atoms with Gasteiger partial charge in [-0.15, -0.1) is 0 Å². The highest BCUT2D eigenvalue weighted by Gasteiger charge is 2.34. The van der Waals surface area contributed by atoms with E-state index in [2.05, 4.69) is 106 Å². The molecule has 0 aliphatic carbocycles. The minimum Gasteiger partial charge on any atom is -0.496 e. The van der Waals surface area contributed by atoms with E-state index in [9.17, 15) is 0 Å². The molecular formula is C31H48O2. The molecule has 0 aliphatic heterocycles. The zero-order valence-corrected chi connectivity index (χ0v) is 23.6. The molecular weight excluding hydrogens is 404 g/mol. The summed E-state index contributed by atoms with van der Waals surface area (Å²) in [6, 6.07) is 11.2. The normalized spacial score (nSPS) is 13.2. The van der Waals surface area contributed by atoms with Crippen LogP contribution < -0.4 is 9.47 Å². The van der Waals surface area contributed by atoms with Crippen LogP contribution in [-0.4, -0.2) is 14.2 Å². The zero-order chi connectivity index (χ0) is 25.4. The highest BCUT2D eigenvalue weighted by molar-refractivity contribution is 5.52. The van der Waals surface area contributed by atoms with Crippen molar-refractivity contribution in [2.45, 2.75) is 111 Å². The van der Waals surface area contributed by atoms with Crippen molar-refractivity contribution in [1.82, 2.24) is 0 Å². The maximum atomic E-state index is 6.11. The van der Waals surface area contributed by atoms with Crippen molar-refractivity contribution in [3.05, 3.63) is 58.1 Å². The molecule has 2 aromatic carbocycles. The van der Waals surface area contributed by atoms with Gasteiger partial charge in [-0.3, -0.25) is 0 Å². The summed E-state index contributed by atoms with van der Waals surface area (Å²) < 4.78 is 11.9. The predicted molar refractivity (Wildman–Crippen MR) is 143 cm³/mol. The first kappa shape index (κ1) is 27.3. The van der Waals surface area contributed by atoms with Crippen molar-refractivity contribution >= 4 is 0 Å². The SMILES string of the molecule is COc1c(C)cccc1C(C)(C)CCC(C)(C)c1cc(C(C)(C)C)cc(C(C)(C)C)c1OC. The molecule has 0 fully saturated rings. The predicted octanol–water partition coefficient (Wildman–Crippen LogP) is 8.64. The largest absolute Gasteiger partial charge is 0.496 e. The molecule has 0 saturated heterocycles. The molecule has 2 aromatic rings. The molecule has 33 heavy (non-hydrogen) atoms. The van der Waals surface area contributed by atoms with Crippen LogP contribution in [0.15, 0.2) is 30.3 Å². The van der Waals surface area contributed by atoms with Crippen LogP contribution in [0.5, 0.6) is 11.5 Å². The molecule has 0 unspecified atom stereocenters. The van der Waals surface area contributed by atoms with E-state index in [1.54, 1.807) is 7.11 Å². The van der Waals surface area contributed by atoms with Gasteiger partial charge in [-0.2, -0.15) is 0 Å². The summed E-state index contributed by atoms with van der Waals surface area (Å²) in [4.78, 5) is 0. The van der Waals surface area contributed by atoms with E-state index in [0.29, 0.717) is 0 Å². The Morgan fingerprint density at radius 3 is 1.55 bits per heavy atom. The number of benzene rings is 2. The van der Waals surface area contributed by atoms with Crippen LogP contribution in [0.4, 0.5) is 0 Å². The number of methoxy groups -OCH3 is 2. The van der Waals surface area contributed by atoms with Crippen molar-refractivity contribution in [2.75, 3.05) is 14.2 Å². The van der Waals surface area contributed by atoms with Crippen LogP contribution in [0.25, 0.3) is 0 Å². The third-order valence-electron chi connectivity index (χ3n) is 7.22. The average molecular weight is 453 g/mol. The molecule has 0 aliphatic rings. The summed E-state index contributed by atoms with van der Waals surface area (Å²) in [5.41, 5.74) is 6.49. The van der Waals surface area contributed by atoms with E-state index in [-0.39, 0.29) is 21.7 Å². The lowest BCUT2D eigenvalue weighted by molar-refractivity contribution is 0.335. The second-order valence-corrected chi connectivity index (χ2v) is 13.0. The fourth-order valence-electron chi connectivity index (χ4n) is 4.69. The summed E-state index contributed by atoms with van der Waals surface area (Å²) in [5.74, 6) is 2.06. The molecule has 184 valence electrons. The highest BCUT2D eigenvalue weighted by atomic mass is 16.5. The van der Waals surface area contributed by atoms with Gasteiger partial charge in [0.15, 0.2) is 0 Å². The van der Waals surface area contributed by atoms with Gasteiger partial charge in [-0.05, 0) is 52.6 Å². The van der Waals surface area contributed by atoms with Crippen LogP contribution in [0, 0.1) is 6.92 Å². The summed E-state index contributed by atoms with van der Waals surface area (Å²) in [6.45, 7) is 25.3. The first-order valence-electron chi connectivity index (χ1n) is 12.3. The fraction of sp³-hybridized carbons (Fsp3) is 0.613. The number of hydrogen-bond acceptors (Lipinski definition) is 2. The first-order chi connectivity index (χ1) is 15.0. The quantitative estimate of drug-likeness (QED) is 0.418. The van der Waals surface area contributed by atoms with E-state index in [1.807, 2.05) is 7.11 Å². The maximum Gasteiger partial charge on any atom is 0.126 e. The second-order valence-electron chi connectivity index (χ2n) is 13.0. The van der Waals surface area contributed by atoms with Crippen LogP contribution in [0.2, 0.25) is 0 Å². The van der Waals surface area contributed by atoms with Gasteiger partial charge in [-0.25, -0.2) is 0 Å². The Labute approximate surface area is 204 Å². The summed E-state index contributed by atoms with van der Waals surface area (Å²) in [6.07, 6.45) is 2.10. The van der Waals surface area contributed by atoms with Crippen LogP contribution in [0.3, 0.4) is 0 Å². The lowest BCUT2D eigenvalue weighted by atomic mass is 9.69. The Morgan fingerprint density at radius 2 is 1.09 bits per heavy atom. The standard InChI is InChI=1S/C31H48O2/c1-21-15-14-16-23(26(21)32-12)30(8,9)17-18-31(10,11)25-20-22(28(2,3)4)19-24(27(25)33-13)29(5,6)7/h14-16,19-20H,17-18H2,1-13H3. The summed E-state index contributed by atoms with van der Waals surface area (Å²) in [7, 11) is 3.60. The minimum atomic E-state index is -0.0407. The van der Waals surface area contributed by atoms with E-state index >= 15 is 0 Å². The molecule has 0 spiro atoms. The van der Waals surface area contributed by atoms with Crippen LogP contribution >= 0.6 is 0 Å². The lowest BCUT2D eigenvalue weighted by Gasteiger charge is -2.36. The van der Waals surface area contributed by atoms with Crippen LogP contribution in [-0.2, 0) is 21.7 Å². The number of ether oxygens (including phenoxy) is 2. The van der Waals surface area contributed by atoms with Crippen molar-refractivity contribution in [3.63, 3.8) is 0 Å². The number of rotatable bonds is 7. The number of hydrogen-bond donors (Lipinski definition) is 0. The average Bonchev–Trinajstić information content (AvgIpc) is 2.69. The topological polar surface area (TPSA) is 18.5 Å². The van der Waals surface area contributed by atoms with Gasteiger partial charge in [0.1, 0.15) is 11.5 Å². The Balaban J connectivity index is 2.54. The molecule has 0 N–H and O–H groups in total. The van der Waals surface area contributed by atoms with Crippen molar-refractivity contribution in [1.29, 1.82) is 0 Å². The van der Waals surface area contributed by atoms with Crippen molar-refractivity contribution < 1.29 is 9.47 Å². The van der Waals surface area contributed by atoms with E-state index in [4.69, 9.17) is 9.47 Å². The van der Waals surface area contributed by atoms with Crippen molar-refractivity contribution in [2.24, 2.45) is 0 Å². The minimum absolute atomic E-state index is 0.00361. The molecule has 2 rings (SSSR count). The molecule has 2 nitrogen and oxygen atoms in total. The lowest BCUT2D eigenvalue weighted by Crippen LogP contribution is -2.27. The smallest absolute Gasteiger partial charge is 0.126 e. The zero-order valence-electron chi connectivity index (χ0n) is 23.6. The molecule has 0 bridgehead atoms. The molecule has 2 heteroatoms. The van der Waals surface area contributed by atoms with Gasteiger partial charge in [0.2, 0.25) is 0 Å². The van der Waals surface area contributed by atoms with Gasteiger partial charge in [0.25, 0.3) is 0 Å². The molecule has 0 heterocycles. The Hall–Kier alpha value is -1.96. The van der Waals surface area contributed by atoms with Gasteiger partial charge in [0, 0.05) is 16.7 Å². The van der Waals surface area contributed by atoms with Crippen molar-refractivity contribution in [3.8, 4) is 11.5 Å². The van der Waals surface area contributed by atoms with E-state index in [0.717, 1.165) is 24.3 Å². The maximum absolute atomic E-state index is 6.11. The third kappa shape index (κ3) is 5.94. The van der Waals surface area contributed by atoms with Gasteiger partial charge >= 0.3 is 0 Å². The van der Waals surface area contributed by atoms with Gasteiger partial charge in [0.05, 0.1) is 14.2 Å². The Morgan fingerprint density at radius 1 is 0.606 bits per heavy atom. The second kappa shape index (κ2) is 9.35. The summed E-state index contributed by atoms with van der Waals surface area (Å²) >= 11 is 0. The van der Waals surface area contributed by atoms with Gasteiger partial charge in [-0.1, -0.05) is 99.6 Å². The van der Waals surface area contributed by atoms with E-state index in [1.165, 1.54) is 27.8 Å². The number of aryl methyl sites for hydroxylation is 1. The summed E-state index contributed by atoms with van der Waals surface area (Å²) in [5, 5.41) is 0. The molecule has 0 saturated carbocycles. The van der Waals surface area contributed by atoms with Gasteiger partial charge < -0.3 is 9.47 Å². The fourth-order valence-corrected chi connectivity index (χ4v) is 4.69. The van der Waals surface area contributed by atoms with Crippen LogP contribution in [0.1, 0.15) is 110 Å². The third-order valence-corrected chi connectivity index (χ3v) is 7.22.